The lowest BCUT2D eigenvalue weighted by atomic mass is 9.68. The van der Waals surface area contributed by atoms with Gasteiger partial charge in [0.1, 0.15) is 5.75 Å². The van der Waals surface area contributed by atoms with Crippen molar-refractivity contribution in [2.45, 2.75) is 87.9 Å². The first-order valence-corrected chi connectivity index (χ1v) is 17.2. The van der Waals surface area contributed by atoms with Gasteiger partial charge in [-0.05, 0) is 105 Å². The Morgan fingerprint density at radius 1 is 1.10 bits per heavy atom. The fourth-order valence-corrected chi connectivity index (χ4v) is 9.31. The minimum absolute atomic E-state index is 0.223. The first-order chi connectivity index (χ1) is 19.7. The summed E-state index contributed by atoms with van der Waals surface area (Å²) in [5.41, 5.74) is 3.41. The van der Waals surface area contributed by atoms with Crippen LogP contribution in [0.5, 0.6) is 5.75 Å². The molecule has 5 atom stereocenters. The van der Waals surface area contributed by atoms with E-state index in [9.17, 15) is 18.3 Å². The van der Waals surface area contributed by atoms with Crippen molar-refractivity contribution < 1.29 is 23.1 Å². The molecule has 2 aromatic carbocycles. The number of rotatable bonds is 1. The number of sulfonamides is 1. The predicted molar refractivity (Wildman–Crippen MR) is 161 cm³/mol. The molecule has 0 unspecified atom stereocenters. The summed E-state index contributed by atoms with van der Waals surface area (Å²) >= 11 is 6.38. The number of aliphatic hydroxyl groups excluding tert-OH is 1. The van der Waals surface area contributed by atoms with Crippen LogP contribution in [0, 0.1) is 11.8 Å². The molecule has 222 valence electrons. The highest BCUT2D eigenvalue weighted by Crippen LogP contribution is 2.47. The fraction of sp³-hybridized carbons (Fsp3) is 0.594. The van der Waals surface area contributed by atoms with E-state index in [1.165, 1.54) is 11.1 Å². The minimum Gasteiger partial charge on any atom is -0.490 e. The van der Waals surface area contributed by atoms with Gasteiger partial charge in [-0.1, -0.05) is 37.4 Å². The van der Waals surface area contributed by atoms with Gasteiger partial charge in [0, 0.05) is 29.1 Å². The number of nitrogens with one attached hydrogen (secondary N) is 1. The molecule has 9 heteroatoms. The molecule has 4 aliphatic rings. The minimum atomic E-state index is -3.84. The summed E-state index contributed by atoms with van der Waals surface area (Å²) in [5, 5.41) is 11.3. The van der Waals surface area contributed by atoms with E-state index >= 15 is 0 Å². The van der Waals surface area contributed by atoms with Gasteiger partial charge in [0.15, 0.2) is 0 Å². The monoisotopic (exact) mass is 600 g/mol. The number of fused-ring (bicyclic) bond motifs is 4. The van der Waals surface area contributed by atoms with Crippen molar-refractivity contribution in [3.63, 3.8) is 0 Å². The maximum atomic E-state index is 13.3. The van der Waals surface area contributed by atoms with Crippen molar-refractivity contribution in [3.05, 3.63) is 58.1 Å². The summed E-state index contributed by atoms with van der Waals surface area (Å²) in [4.78, 5) is 15.7. The van der Waals surface area contributed by atoms with Crippen LogP contribution in [0.1, 0.15) is 86.2 Å². The summed E-state index contributed by atoms with van der Waals surface area (Å²) in [7, 11) is -3.84. The molecular formula is C32H41ClN2O5S. The number of nitrogens with zero attached hydrogens (tertiary/aromatic N) is 1. The topological polar surface area (TPSA) is 95.9 Å². The third kappa shape index (κ3) is 5.59. The number of hydrogen-bond donors (Lipinski definition) is 2. The summed E-state index contributed by atoms with van der Waals surface area (Å²) in [6.07, 6.45) is 7.72. The molecule has 1 spiro atoms. The van der Waals surface area contributed by atoms with Gasteiger partial charge in [-0.2, -0.15) is 0 Å². The Labute approximate surface area is 248 Å². The molecule has 2 aliphatic carbocycles. The Bertz CT molecular complexity index is 1410. The second-order valence-corrected chi connectivity index (χ2v) is 15.0. The normalized spacial score (nSPS) is 31.6. The first kappa shape index (κ1) is 28.8. The van der Waals surface area contributed by atoms with Gasteiger partial charge in [-0.3, -0.25) is 4.79 Å². The first-order valence-electron chi connectivity index (χ1n) is 15.2. The lowest BCUT2D eigenvalue weighted by Gasteiger charge is -2.45. The van der Waals surface area contributed by atoms with Crippen molar-refractivity contribution in [2.24, 2.45) is 11.8 Å². The molecule has 2 aromatic rings. The molecule has 0 radical (unpaired) electrons. The summed E-state index contributed by atoms with van der Waals surface area (Å²) in [6.45, 7) is 3.82. The maximum Gasteiger partial charge on any atom is 0.264 e. The Morgan fingerprint density at radius 3 is 2.71 bits per heavy atom. The number of carbonyl (C=O) groups excluding carboxylic acids is 1. The molecule has 2 N–H and O–H groups in total. The van der Waals surface area contributed by atoms with E-state index in [-0.39, 0.29) is 11.3 Å². The zero-order chi connectivity index (χ0) is 28.8. The quantitative estimate of drug-likeness (QED) is 0.442. The second-order valence-electron chi connectivity index (χ2n) is 12.6. The highest BCUT2D eigenvalue weighted by atomic mass is 35.5. The molecule has 2 bridgehead atoms. The van der Waals surface area contributed by atoms with E-state index in [2.05, 4.69) is 21.8 Å². The van der Waals surface area contributed by atoms with Gasteiger partial charge in [0.25, 0.3) is 5.91 Å². The van der Waals surface area contributed by atoms with Gasteiger partial charge >= 0.3 is 0 Å². The molecule has 1 fully saturated rings. The van der Waals surface area contributed by atoms with Crippen LogP contribution in [0.25, 0.3) is 0 Å². The fourth-order valence-electron chi connectivity index (χ4n) is 7.66. The average Bonchev–Trinajstić information content (AvgIpc) is 3.07. The highest BCUT2D eigenvalue weighted by Gasteiger charge is 2.44. The molecule has 2 heterocycles. The number of anilines is 1. The van der Waals surface area contributed by atoms with Crippen LogP contribution in [0.2, 0.25) is 5.02 Å². The van der Waals surface area contributed by atoms with Crippen molar-refractivity contribution in [1.82, 2.24) is 4.72 Å². The van der Waals surface area contributed by atoms with Crippen molar-refractivity contribution in [1.29, 1.82) is 0 Å². The van der Waals surface area contributed by atoms with Crippen LogP contribution in [-0.4, -0.2) is 50.5 Å². The van der Waals surface area contributed by atoms with Gasteiger partial charge in [-0.15, -0.1) is 0 Å². The summed E-state index contributed by atoms with van der Waals surface area (Å²) < 4.78 is 35.2. The third-order valence-electron chi connectivity index (χ3n) is 10.1. The van der Waals surface area contributed by atoms with Crippen LogP contribution in [0.3, 0.4) is 0 Å². The van der Waals surface area contributed by atoms with Crippen LogP contribution in [0.15, 0.2) is 36.4 Å². The molecule has 0 saturated heterocycles. The van der Waals surface area contributed by atoms with E-state index < -0.39 is 27.3 Å². The lowest BCUT2D eigenvalue weighted by Crippen LogP contribution is -2.49. The smallest absolute Gasteiger partial charge is 0.264 e. The van der Waals surface area contributed by atoms with Gasteiger partial charge < -0.3 is 14.7 Å². The van der Waals surface area contributed by atoms with Crippen LogP contribution in [-0.2, 0) is 21.9 Å². The van der Waals surface area contributed by atoms with E-state index in [0.717, 1.165) is 62.3 Å². The number of hydrogen-bond acceptors (Lipinski definition) is 6. The number of amides is 1. The van der Waals surface area contributed by atoms with Crippen LogP contribution in [0.4, 0.5) is 5.69 Å². The average molecular weight is 601 g/mol. The maximum absolute atomic E-state index is 13.3. The highest BCUT2D eigenvalue weighted by molar-refractivity contribution is 7.90. The Hall–Kier alpha value is -2.29. The zero-order valence-corrected chi connectivity index (χ0v) is 25.4. The number of ether oxygens (including phenoxy) is 1. The van der Waals surface area contributed by atoms with Crippen LogP contribution < -0.4 is 14.4 Å². The largest absolute Gasteiger partial charge is 0.490 e. The van der Waals surface area contributed by atoms with Gasteiger partial charge in [0.2, 0.25) is 10.0 Å². The second kappa shape index (κ2) is 11.4. The van der Waals surface area contributed by atoms with Crippen LogP contribution >= 0.6 is 11.6 Å². The van der Waals surface area contributed by atoms with Crippen molar-refractivity contribution >= 4 is 33.2 Å². The van der Waals surface area contributed by atoms with E-state index in [4.69, 9.17) is 16.3 Å². The lowest BCUT2D eigenvalue weighted by molar-refractivity contribution is 0.00903. The number of carbonyl (C=O) groups is 1. The molecular weight excluding hydrogens is 560 g/mol. The predicted octanol–water partition coefficient (Wildman–Crippen LogP) is 5.61. The molecule has 7 nitrogen and oxygen atoms in total. The van der Waals surface area contributed by atoms with E-state index in [1.54, 1.807) is 12.1 Å². The number of aliphatic hydroxyl groups is 1. The standard InChI is InChI=1S/C32H41ClN2O5S/c1-2-25-7-3-4-8-29(36)26-12-9-23(26)18-35-19-32(15-5-6-21-16-24(33)11-13-27(21)32)20-40-30-14-10-22(17-28(30)35)31(37)34-41(25,38)39/h10-11,13-14,16-17,23,25-26,29,36H,2-9,12,15,18-20H2,1H3,(H,34,37)/t23-,25-,26+,29-,32-/m0/s1. The Balaban J connectivity index is 1.41. The van der Waals surface area contributed by atoms with E-state index in [1.807, 2.05) is 19.1 Å². The Kier molecular flexibility index (Phi) is 8.02. The number of benzene rings is 2. The number of halogens is 1. The molecule has 2 aliphatic heterocycles. The van der Waals surface area contributed by atoms with Gasteiger partial charge in [0.05, 0.1) is 23.6 Å². The van der Waals surface area contributed by atoms with Crippen molar-refractivity contribution in [3.8, 4) is 5.75 Å². The molecule has 1 saturated carbocycles. The zero-order valence-electron chi connectivity index (χ0n) is 23.8. The van der Waals surface area contributed by atoms with Crippen molar-refractivity contribution in [2.75, 3.05) is 24.6 Å². The molecule has 0 aromatic heterocycles. The summed E-state index contributed by atoms with van der Waals surface area (Å²) in [5.74, 6) is 0.662. The Morgan fingerprint density at radius 2 is 1.93 bits per heavy atom. The molecule has 41 heavy (non-hydrogen) atoms. The summed E-state index contributed by atoms with van der Waals surface area (Å²) in [6, 6.07) is 11.5. The molecule has 1 amide bonds. The SMILES string of the molecule is CC[C@H]1CCCC[C@H](O)[C@@H]2CC[C@H]2CN2C[C@@]3(CCCc4cc(Cl)ccc43)COc3ccc(cc32)C(=O)NS1(=O)=O. The molecule has 6 rings (SSSR count). The van der Waals surface area contributed by atoms with Gasteiger partial charge in [-0.25, -0.2) is 13.1 Å². The number of aryl methyl sites for hydroxylation is 1. The third-order valence-corrected chi connectivity index (χ3v) is 12.3. The van der Waals surface area contributed by atoms with E-state index in [0.29, 0.717) is 49.5 Å².